The van der Waals surface area contributed by atoms with Crippen molar-refractivity contribution in [3.8, 4) is 16.9 Å². The lowest BCUT2D eigenvalue weighted by atomic mass is 10.1. The number of carbonyl (C=O) groups is 1. The lowest BCUT2D eigenvalue weighted by molar-refractivity contribution is -0.137. The lowest BCUT2D eigenvalue weighted by Crippen LogP contribution is -2.15. The maximum Gasteiger partial charge on any atom is 0.303 e. The highest BCUT2D eigenvalue weighted by Gasteiger charge is 2.21. The van der Waals surface area contributed by atoms with Crippen molar-refractivity contribution in [3.63, 3.8) is 0 Å². The average Bonchev–Trinajstić information content (AvgIpc) is 3.16. The molecule has 0 spiro atoms. The summed E-state index contributed by atoms with van der Waals surface area (Å²) in [6, 6.07) is 6.06. The molecule has 0 bridgehead atoms. The molecule has 1 atom stereocenters. The standard InChI is InChI=1S/C21H23F2NO3S/c1-13(8-9-19(25)26)27-20-17(22)11-14(12-18(20)23)16-7-4-10-24-21(16)28-15-5-2-3-6-15/h4,7,10-13,15H,2-3,5-6,8-9H2,1H3,(H,25,26)/t13-/m1/s1. The highest BCUT2D eigenvalue weighted by atomic mass is 32.2. The average molecular weight is 407 g/mol. The zero-order chi connectivity index (χ0) is 20.1. The first-order chi connectivity index (χ1) is 13.4. The summed E-state index contributed by atoms with van der Waals surface area (Å²) in [5.74, 6) is -3.07. The number of hydrogen-bond donors (Lipinski definition) is 1. The van der Waals surface area contributed by atoms with Gasteiger partial charge in [0, 0.05) is 23.4 Å². The van der Waals surface area contributed by atoms with E-state index in [2.05, 4.69) is 4.98 Å². The van der Waals surface area contributed by atoms with Gasteiger partial charge in [-0.05, 0) is 49.9 Å². The molecule has 0 amide bonds. The molecule has 1 aromatic carbocycles. The minimum absolute atomic E-state index is 0.125. The van der Waals surface area contributed by atoms with Crippen molar-refractivity contribution in [1.29, 1.82) is 0 Å². The first-order valence-electron chi connectivity index (χ1n) is 9.43. The smallest absolute Gasteiger partial charge is 0.303 e. The van der Waals surface area contributed by atoms with Gasteiger partial charge in [-0.15, -0.1) is 11.8 Å². The number of aromatic nitrogens is 1. The Balaban J connectivity index is 1.81. The number of hydrogen-bond acceptors (Lipinski definition) is 4. The van der Waals surface area contributed by atoms with Crippen molar-refractivity contribution < 1.29 is 23.4 Å². The fourth-order valence-electron chi connectivity index (χ4n) is 3.28. The Labute approximate surface area is 167 Å². The summed E-state index contributed by atoms with van der Waals surface area (Å²) in [5.41, 5.74) is 1.11. The summed E-state index contributed by atoms with van der Waals surface area (Å²) in [4.78, 5) is 15.1. The molecule has 0 saturated heterocycles. The van der Waals surface area contributed by atoms with Crippen LogP contribution in [0, 0.1) is 11.6 Å². The number of thioether (sulfide) groups is 1. The maximum absolute atomic E-state index is 14.6. The Morgan fingerprint density at radius 3 is 2.64 bits per heavy atom. The van der Waals surface area contributed by atoms with Crippen LogP contribution in [0.15, 0.2) is 35.5 Å². The third kappa shape index (κ3) is 5.22. The molecule has 1 fully saturated rings. The van der Waals surface area contributed by atoms with Crippen LogP contribution in [0.5, 0.6) is 5.75 Å². The number of nitrogens with zero attached hydrogens (tertiary/aromatic N) is 1. The zero-order valence-corrected chi connectivity index (χ0v) is 16.5. The first kappa shape index (κ1) is 20.6. The van der Waals surface area contributed by atoms with Gasteiger partial charge in [-0.3, -0.25) is 4.79 Å². The van der Waals surface area contributed by atoms with Crippen LogP contribution in [0.2, 0.25) is 0 Å². The number of carboxylic acids is 1. The third-order valence-corrected chi connectivity index (χ3v) is 6.10. The predicted octanol–water partition coefficient (Wildman–Crippen LogP) is 5.69. The van der Waals surface area contributed by atoms with Gasteiger partial charge in [0.2, 0.25) is 0 Å². The molecular formula is C21H23F2NO3S. The molecule has 4 nitrogen and oxygen atoms in total. The second-order valence-electron chi connectivity index (χ2n) is 7.01. The van der Waals surface area contributed by atoms with Crippen LogP contribution in [0.3, 0.4) is 0 Å². The Kier molecular flexibility index (Phi) is 6.88. The molecule has 7 heteroatoms. The van der Waals surface area contributed by atoms with E-state index in [1.165, 1.54) is 25.0 Å². The Morgan fingerprint density at radius 1 is 1.32 bits per heavy atom. The van der Waals surface area contributed by atoms with Crippen LogP contribution >= 0.6 is 11.8 Å². The van der Waals surface area contributed by atoms with Crippen LogP contribution in [-0.2, 0) is 4.79 Å². The van der Waals surface area contributed by atoms with Crippen molar-refractivity contribution >= 4 is 17.7 Å². The molecule has 0 aliphatic heterocycles. The summed E-state index contributed by atoms with van der Waals surface area (Å²) in [7, 11) is 0. The van der Waals surface area contributed by atoms with E-state index in [0.717, 1.165) is 17.9 Å². The van der Waals surface area contributed by atoms with E-state index in [1.54, 1.807) is 30.9 Å². The van der Waals surface area contributed by atoms with Gasteiger partial charge in [0.15, 0.2) is 17.4 Å². The third-order valence-electron chi connectivity index (χ3n) is 4.74. The molecule has 1 N–H and O–H groups in total. The maximum atomic E-state index is 14.6. The fourth-order valence-corrected chi connectivity index (χ4v) is 4.60. The highest BCUT2D eigenvalue weighted by molar-refractivity contribution is 8.00. The molecule has 0 radical (unpaired) electrons. The molecule has 1 heterocycles. The van der Waals surface area contributed by atoms with E-state index in [0.29, 0.717) is 16.4 Å². The summed E-state index contributed by atoms with van der Waals surface area (Å²) >= 11 is 1.67. The first-order valence-corrected chi connectivity index (χ1v) is 10.3. The van der Waals surface area contributed by atoms with Gasteiger partial charge in [-0.1, -0.05) is 18.9 Å². The molecule has 1 aliphatic rings. The quantitative estimate of drug-likeness (QED) is 0.609. The molecule has 0 unspecified atom stereocenters. The van der Waals surface area contributed by atoms with Gasteiger partial charge < -0.3 is 9.84 Å². The monoisotopic (exact) mass is 407 g/mol. The number of aliphatic carboxylic acids is 1. The van der Waals surface area contributed by atoms with Crippen molar-refractivity contribution in [1.82, 2.24) is 4.98 Å². The number of rotatable bonds is 8. The van der Waals surface area contributed by atoms with E-state index in [1.807, 2.05) is 6.07 Å². The van der Waals surface area contributed by atoms with Crippen molar-refractivity contribution in [3.05, 3.63) is 42.1 Å². The van der Waals surface area contributed by atoms with Gasteiger partial charge in [-0.2, -0.15) is 0 Å². The van der Waals surface area contributed by atoms with Gasteiger partial charge in [-0.25, -0.2) is 13.8 Å². The van der Waals surface area contributed by atoms with Crippen molar-refractivity contribution in [2.45, 2.75) is 61.8 Å². The highest BCUT2D eigenvalue weighted by Crippen LogP contribution is 2.39. The predicted molar refractivity (Wildman–Crippen MR) is 105 cm³/mol. The molecule has 2 aromatic rings. The molecule has 3 rings (SSSR count). The van der Waals surface area contributed by atoms with Gasteiger partial charge in [0.25, 0.3) is 0 Å². The van der Waals surface area contributed by atoms with E-state index in [9.17, 15) is 13.6 Å². The molecule has 150 valence electrons. The van der Waals surface area contributed by atoms with Gasteiger partial charge in [0.1, 0.15) is 5.03 Å². The second kappa shape index (κ2) is 9.37. The summed E-state index contributed by atoms with van der Waals surface area (Å²) in [6.45, 7) is 1.59. The zero-order valence-electron chi connectivity index (χ0n) is 15.7. The Hall–Kier alpha value is -2.15. The number of benzene rings is 1. The van der Waals surface area contributed by atoms with Crippen LogP contribution in [0.1, 0.15) is 45.4 Å². The van der Waals surface area contributed by atoms with E-state index >= 15 is 0 Å². The minimum Gasteiger partial charge on any atom is -0.485 e. The normalized spacial score (nSPS) is 15.5. The van der Waals surface area contributed by atoms with Crippen LogP contribution in [-0.4, -0.2) is 27.4 Å². The molecule has 28 heavy (non-hydrogen) atoms. The number of halogens is 2. The molecule has 1 saturated carbocycles. The van der Waals surface area contributed by atoms with E-state index in [4.69, 9.17) is 9.84 Å². The van der Waals surface area contributed by atoms with Crippen LogP contribution in [0.4, 0.5) is 8.78 Å². The molecular weight excluding hydrogens is 384 g/mol. The van der Waals surface area contributed by atoms with E-state index in [-0.39, 0.29) is 12.8 Å². The lowest BCUT2D eigenvalue weighted by Gasteiger charge is -2.17. The second-order valence-corrected chi connectivity index (χ2v) is 8.30. The number of ether oxygens (including phenoxy) is 1. The molecule has 1 aromatic heterocycles. The van der Waals surface area contributed by atoms with Crippen molar-refractivity contribution in [2.24, 2.45) is 0 Å². The molecule has 1 aliphatic carbocycles. The summed E-state index contributed by atoms with van der Waals surface area (Å²) < 4.78 is 34.5. The summed E-state index contributed by atoms with van der Waals surface area (Å²) in [6.07, 6.45) is 5.78. The Bertz CT molecular complexity index is 817. The number of carboxylic acid groups (broad SMARTS) is 1. The summed E-state index contributed by atoms with van der Waals surface area (Å²) in [5, 5.41) is 9.98. The van der Waals surface area contributed by atoms with E-state index < -0.39 is 29.5 Å². The topological polar surface area (TPSA) is 59.4 Å². The SMILES string of the molecule is C[C@H](CCC(=O)O)Oc1c(F)cc(-c2cccnc2SC2CCCC2)cc1F. The largest absolute Gasteiger partial charge is 0.485 e. The fraction of sp³-hybridized carbons (Fsp3) is 0.429. The minimum atomic E-state index is -0.976. The Morgan fingerprint density at radius 2 is 2.00 bits per heavy atom. The van der Waals surface area contributed by atoms with Gasteiger partial charge >= 0.3 is 5.97 Å². The van der Waals surface area contributed by atoms with Crippen molar-refractivity contribution in [2.75, 3.05) is 0 Å². The van der Waals surface area contributed by atoms with Crippen LogP contribution in [0.25, 0.3) is 11.1 Å². The number of pyridine rings is 1. The van der Waals surface area contributed by atoms with Gasteiger partial charge in [0.05, 0.1) is 6.10 Å². The van der Waals surface area contributed by atoms with Crippen LogP contribution < -0.4 is 4.74 Å².